The summed E-state index contributed by atoms with van der Waals surface area (Å²) in [7, 11) is 0. The largest absolute Gasteiger partial charge is 0.491 e. The van der Waals surface area contributed by atoms with Crippen LogP contribution in [0.1, 0.15) is 13.3 Å². The van der Waals surface area contributed by atoms with Gasteiger partial charge in [0.1, 0.15) is 19.0 Å². The highest BCUT2D eigenvalue weighted by atomic mass is 19.1. The van der Waals surface area contributed by atoms with E-state index in [0.717, 1.165) is 6.42 Å². The Morgan fingerprint density at radius 1 is 1.57 bits per heavy atom. The van der Waals surface area contributed by atoms with E-state index in [4.69, 9.17) is 4.74 Å². The zero-order valence-electron chi connectivity index (χ0n) is 12.1. The summed E-state index contributed by atoms with van der Waals surface area (Å²) in [5.41, 5.74) is 0.587. The first kappa shape index (κ1) is 15.6. The molecule has 1 aliphatic rings. The Kier molecular flexibility index (Phi) is 5.38. The van der Waals surface area contributed by atoms with Gasteiger partial charge < -0.3 is 20.1 Å². The number of hydrogen-bond donors (Lipinski definition) is 2. The van der Waals surface area contributed by atoms with Crippen molar-refractivity contribution in [2.45, 2.75) is 19.4 Å². The Morgan fingerprint density at radius 2 is 2.38 bits per heavy atom. The Labute approximate surface area is 123 Å². The summed E-state index contributed by atoms with van der Waals surface area (Å²) in [5, 5.41) is 12.6. The van der Waals surface area contributed by atoms with Crippen molar-refractivity contribution in [1.82, 2.24) is 4.90 Å². The number of carbonyl (C=O) groups is 1. The minimum atomic E-state index is -0.555. The number of likely N-dealkylation sites (tertiary alicyclic amines) is 1. The zero-order chi connectivity index (χ0) is 15.2. The summed E-state index contributed by atoms with van der Waals surface area (Å²) >= 11 is 0. The van der Waals surface area contributed by atoms with Crippen LogP contribution in [-0.4, -0.2) is 48.5 Å². The molecule has 2 atom stereocenters. The fraction of sp³-hybridized carbons (Fsp3) is 0.533. The van der Waals surface area contributed by atoms with Gasteiger partial charge in [-0.15, -0.1) is 0 Å². The summed E-state index contributed by atoms with van der Waals surface area (Å²) in [6.45, 7) is 2.38. The van der Waals surface area contributed by atoms with Crippen molar-refractivity contribution in [2.75, 3.05) is 31.7 Å². The monoisotopic (exact) mass is 296 g/mol. The summed E-state index contributed by atoms with van der Waals surface area (Å²) in [4.78, 5) is 13.7. The number of nitrogens with zero attached hydrogens (tertiary/aromatic N) is 1. The number of piperidine rings is 1. The highest BCUT2D eigenvalue weighted by Gasteiger charge is 2.27. The molecule has 1 saturated heterocycles. The normalized spacial score (nSPS) is 22.0. The third-order valence-electron chi connectivity index (χ3n) is 3.64. The Bertz CT molecular complexity index is 484. The molecule has 2 rings (SSSR count). The van der Waals surface area contributed by atoms with E-state index in [0.29, 0.717) is 24.5 Å². The van der Waals surface area contributed by atoms with E-state index in [9.17, 15) is 14.3 Å². The predicted molar refractivity (Wildman–Crippen MR) is 78.3 cm³/mol. The molecule has 5 nitrogen and oxygen atoms in total. The molecule has 0 aromatic heterocycles. The van der Waals surface area contributed by atoms with Crippen molar-refractivity contribution in [3.05, 3.63) is 24.3 Å². The fourth-order valence-electron chi connectivity index (χ4n) is 2.26. The molecule has 1 heterocycles. The van der Waals surface area contributed by atoms with Crippen molar-refractivity contribution in [3.63, 3.8) is 0 Å². The number of anilines is 1. The first-order chi connectivity index (χ1) is 10.1. The maximum atomic E-state index is 12.1. The number of rotatable bonds is 4. The second-order valence-electron chi connectivity index (χ2n) is 5.27. The lowest BCUT2D eigenvalue weighted by Crippen LogP contribution is -2.47. The Morgan fingerprint density at radius 3 is 3.10 bits per heavy atom. The highest BCUT2D eigenvalue weighted by Crippen LogP contribution is 2.20. The van der Waals surface area contributed by atoms with Crippen LogP contribution in [0.15, 0.2) is 24.3 Å². The van der Waals surface area contributed by atoms with E-state index in [1.54, 1.807) is 29.2 Å². The van der Waals surface area contributed by atoms with Crippen LogP contribution in [0, 0.1) is 5.92 Å². The SMILES string of the molecule is CC1CCN(C(=O)Nc2cccc(OCCF)c2)CC1O. The summed E-state index contributed by atoms with van der Waals surface area (Å²) in [5.74, 6) is 0.726. The molecule has 2 amide bonds. The van der Waals surface area contributed by atoms with Crippen LogP contribution in [0.2, 0.25) is 0 Å². The van der Waals surface area contributed by atoms with Crippen LogP contribution in [0.3, 0.4) is 0 Å². The number of aliphatic hydroxyl groups excluding tert-OH is 1. The number of β-amino-alcohol motifs (C(OH)–C–C–N with tert-alkyl or cyclic N) is 1. The van der Waals surface area contributed by atoms with Crippen molar-refractivity contribution >= 4 is 11.7 Å². The molecule has 1 aromatic rings. The van der Waals surface area contributed by atoms with Gasteiger partial charge in [0, 0.05) is 24.8 Å². The Hall–Kier alpha value is -1.82. The van der Waals surface area contributed by atoms with Gasteiger partial charge in [0.25, 0.3) is 0 Å². The van der Waals surface area contributed by atoms with E-state index in [2.05, 4.69) is 5.32 Å². The summed E-state index contributed by atoms with van der Waals surface area (Å²) in [6, 6.07) is 6.58. The summed E-state index contributed by atoms with van der Waals surface area (Å²) in [6.07, 6.45) is 0.303. The fourth-order valence-corrected chi connectivity index (χ4v) is 2.26. The average molecular weight is 296 g/mol. The van der Waals surface area contributed by atoms with Crippen molar-refractivity contribution in [3.8, 4) is 5.75 Å². The molecule has 21 heavy (non-hydrogen) atoms. The molecule has 116 valence electrons. The van der Waals surface area contributed by atoms with Gasteiger partial charge in [-0.2, -0.15) is 0 Å². The second kappa shape index (κ2) is 7.26. The third-order valence-corrected chi connectivity index (χ3v) is 3.64. The van der Waals surface area contributed by atoms with Crippen LogP contribution in [0.25, 0.3) is 0 Å². The smallest absolute Gasteiger partial charge is 0.321 e. The maximum Gasteiger partial charge on any atom is 0.321 e. The molecule has 0 aliphatic carbocycles. The minimum absolute atomic E-state index is 0.00634. The maximum absolute atomic E-state index is 12.1. The second-order valence-corrected chi connectivity index (χ2v) is 5.27. The average Bonchev–Trinajstić information content (AvgIpc) is 2.48. The zero-order valence-corrected chi connectivity index (χ0v) is 12.1. The number of ether oxygens (including phenoxy) is 1. The van der Waals surface area contributed by atoms with E-state index < -0.39 is 12.8 Å². The van der Waals surface area contributed by atoms with Crippen molar-refractivity contribution in [1.29, 1.82) is 0 Å². The van der Waals surface area contributed by atoms with Crippen LogP contribution >= 0.6 is 0 Å². The van der Waals surface area contributed by atoms with Crippen molar-refractivity contribution in [2.24, 2.45) is 5.92 Å². The molecule has 0 saturated carbocycles. The topological polar surface area (TPSA) is 61.8 Å². The van der Waals surface area contributed by atoms with E-state index >= 15 is 0 Å². The van der Waals surface area contributed by atoms with Crippen LogP contribution in [0.5, 0.6) is 5.75 Å². The summed E-state index contributed by atoms with van der Waals surface area (Å²) < 4.78 is 17.2. The van der Waals surface area contributed by atoms with E-state index in [1.807, 2.05) is 6.92 Å². The van der Waals surface area contributed by atoms with Gasteiger partial charge in [0.05, 0.1) is 6.10 Å². The van der Waals surface area contributed by atoms with Gasteiger partial charge in [-0.25, -0.2) is 9.18 Å². The van der Waals surface area contributed by atoms with Gasteiger partial charge >= 0.3 is 6.03 Å². The molecular weight excluding hydrogens is 275 g/mol. The molecule has 1 fully saturated rings. The molecule has 0 spiro atoms. The first-order valence-electron chi connectivity index (χ1n) is 7.13. The van der Waals surface area contributed by atoms with Gasteiger partial charge in [0.15, 0.2) is 0 Å². The molecule has 0 radical (unpaired) electrons. The minimum Gasteiger partial charge on any atom is -0.491 e. The molecule has 1 aliphatic heterocycles. The number of benzene rings is 1. The molecule has 6 heteroatoms. The molecule has 1 aromatic carbocycles. The predicted octanol–water partition coefficient (Wildman–Crippen LogP) is 2.27. The number of nitrogens with one attached hydrogen (secondary N) is 1. The lowest BCUT2D eigenvalue weighted by atomic mass is 9.96. The number of alkyl halides is 1. The van der Waals surface area contributed by atoms with E-state index in [1.165, 1.54) is 0 Å². The molecular formula is C15H21FN2O3. The first-order valence-corrected chi connectivity index (χ1v) is 7.13. The van der Waals surface area contributed by atoms with Crippen LogP contribution in [0.4, 0.5) is 14.9 Å². The Balaban J connectivity index is 1.93. The quantitative estimate of drug-likeness (QED) is 0.896. The van der Waals surface area contributed by atoms with E-state index in [-0.39, 0.29) is 18.6 Å². The number of halogens is 1. The lowest BCUT2D eigenvalue weighted by molar-refractivity contribution is 0.0464. The van der Waals surface area contributed by atoms with Gasteiger partial charge in [-0.1, -0.05) is 13.0 Å². The van der Waals surface area contributed by atoms with Crippen molar-refractivity contribution < 1.29 is 19.0 Å². The molecule has 2 unspecified atom stereocenters. The third kappa shape index (κ3) is 4.32. The van der Waals surface area contributed by atoms with Gasteiger partial charge in [0.2, 0.25) is 0 Å². The number of urea groups is 1. The lowest BCUT2D eigenvalue weighted by Gasteiger charge is -2.34. The van der Waals surface area contributed by atoms with Crippen LogP contribution in [-0.2, 0) is 0 Å². The number of hydrogen-bond acceptors (Lipinski definition) is 3. The number of amides is 2. The number of carbonyl (C=O) groups excluding carboxylic acids is 1. The molecule has 2 N–H and O–H groups in total. The molecule has 0 bridgehead atoms. The van der Waals surface area contributed by atoms with Crippen LogP contribution < -0.4 is 10.1 Å². The highest BCUT2D eigenvalue weighted by molar-refractivity contribution is 5.89. The standard InChI is InChI=1S/C15H21FN2O3/c1-11-5-7-18(10-14(11)19)15(20)17-12-3-2-4-13(9-12)21-8-6-16/h2-4,9,11,14,19H,5-8,10H2,1H3,(H,17,20). The number of aliphatic hydroxyl groups is 1. The van der Waals surface area contributed by atoms with Gasteiger partial charge in [-0.3, -0.25) is 0 Å². The van der Waals surface area contributed by atoms with Gasteiger partial charge in [-0.05, 0) is 24.5 Å².